The van der Waals surface area contributed by atoms with Crippen molar-refractivity contribution in [2.75, 3.05) is 13.2 Å². The molecule has 0 atom stereocenters. The van der Waals surface area contributed by atoms with Crippen molar-refractivity contribution in [2.45, 2.75) is 12.8 Å². The Hall–Kier alpha value is -2.95. The van der Waals surface area contributed by atoms with Crippen LogP contribution < -0.4 is 10.1 Å². The molecule has 0 aliphatic rings. The molecule has 128 valence electrons. The van der Waals surface area contributed by atoms with Crippen molar-refractivity contribution in [3.8, 4) is 5.75 Å². The number of nitrogens with one attached hydrogen (secondary N) is 1. The second-order valence-corrected chi connectivity index (χ2v) is 5.69. The second kappa shape index (κ2) is 8.24. The first-order valence-electron chi connectivity index (χ1n) is 8.20. The number of fused-ring (bicyclic) bond motifs is 1. The molecule has 0 bridgehead atoms. The predicted octanol–water partition coefficient (Wildman–Crippen LogP) is 3.50. The molecule has 1 heterocycles. The molecule has 0 spiro atoms. The molecule has 3 rings (SSSR count). The average molecular weight is 338 g/mol. The molecule has 0 saturated heterocycles. The molecule has 5 heteroatoms. The van der Waals surface area contributed by atoms with Crippen LogP contribution in [-0.4, -0.2) is 24.0 Å². The van der Waals surface area contributed by atoms with E-state index < -0.39 is 0 Å². The summed E-state index contributed by atoms with van der Waals surface area (Å²) >= 11 is 0. The number of hydrogen-bond acceptors (Lipinski definition) is 3. The van der Waals surface area contributed by atoms with E-state index in [1.807, 2.05) is 30.3 Å². The predicted molar refractivity (Wildman–Crippen MR) is 95.0 cm³/mol. The van der Waals surface area contributed by atoms with Crippen LogP contribution in [0.5, 0.6) is 5.75 Å². The van der Waals surface area contributed by atoms with Gasteiger partial charge in [-0.2, -0.15) is 0 Å². The molecule has 0 saturated carbocycles. The number of benzene rings is 2. The highest BCUT2D eigenvalue weighted by molar-refractivity contribution is 5.84. The largest absolute Gasteiger partial charge is 0.491 e. The van der Waals surface area contributed by atoms with E-state index in [2.05, 4.69) is 10.3 Å². The number of hydrogen-bond donors (Lipinski definition) is 1. The number of aromatic nitrogens is 1. The highest BCUT2D eigenvalue weighted by atomic mass is 19.1. The number of ether oxygens (including phenoxy) is 1. The molecule has 0 aliphatic carbocycles. The van der Waals surface area contributed by atoms with Crippen LogP contribution in [0.15, 0.2) is 60.8 Å². The first kappa shape index (κ1) is 16.9. The third kappa shape index (κ3) is 4.76. The summed E-state index contributed by atoms with van der Waals surface area (Å²) in [5, 5.41) is 3.88. The Morgan fingerprint density at radius 1 is 1.08 bits per heavy atom. The van der Waals surface area contributed by atoms with Gasteiger partial charge in [-0.25, -0.2) is 4.39 Å². The van der Waals surface area contributed by atoms with Crippen LogP contribution in [0.25, 0.3) is 10.9 Å². The van der Waals surface area contributed by atoms with Crippen molar-refractivity contribution < 1.29 is 13.9 Å². The Morgan fingerprint density at radius 2 is 1.88 bits per heavy atom. The highest BCUT2D eigenvalue weighted by Gasteiger charge is 2.04. The number of para-hydroxylation sites is 1. The summed E-state index contributed by atoms with van der Waals surface area (Å²) in [6.45, 7) is 1.02. The molecule has 3 aromatic rings. The number of carbonyl (C=O) groups is 1. The lowest BCUT2D eigenvalue weighted by molar-refractivity contribution is -0.120. The minimum atomic E-state index is -0.302. The summed E-state index contributed by atoms with van der Waals surface area (Å²) in [6.07, 6.45) is 2.68. The third-order valence-corrected chi connectivity index (χ3v) is 3.77. The maximum absolute atomic E-state index is 12.8. The summed E-state index contributed by atoms with van der Waals surface area (Å²) in [7, 11) is 0. The van der Waals surface area contributed by atoms with Crippen molar-refractivity contribution in [3.63, 3.8) is 0 Å². The monoisotopic (exact) mass is 338 g/mol. The Balaban J connectivity index is 1.41. The van der Waals surface area contributed by atoms with Crippen LogP contribution in [-0.2, 0) is 11.2 Å². The molecule has 0 unspecified atom stereocenters. The number of halogens is 1. The third-order valence-electron chi connectivity index (χ3n) is 3.77. The summed E-state index contributed by atoms with van der Waals surface area (Å²) < 4.78 is 18.6. The van der Waals surface area contributed by atoms with Gasteiger partial charge < -0.3 is 10.1 Å². The van der Waals surface area contributed by atoms with Crippen LogP contribution in [0.2, 0.25) is 0 Å². The molecule has 0 radical (unpaired) electrons. The van der Waals surface area contributed by atoms with Crippen LogP contribution >= 0.6 is 0 Å². The lowest BCUT2D eigenvalue weighted by Gasteiger charge is -2.09. The zero-order chi connectivity index (χ0) is 17.5. The van der Waals surface area contributed by atoms with Crippen molar-refractivity contribution in [1.82, 2.24) is 10.3 Å². The summed E-state index contributed by atoms with van der Waals surface area (Å²) in [5.41, 5.74) is 1.63. The fourth-order valence-electron chi connectivity index (χ4n) is 2.52. The smallest absolute Gasteiger partial charge is 0.224 e. The van der Waals surface area contributed by atoms with Gasteiger partial charge >= 0.3 is 0 Å². The zero-order valence-electron chi connectivity index (χ0n) is 13.7. The highest BCUT2D eigenvalue weighted by Crippen LogP contribution is 2.22. The molecule has 1 aromatic heterocycles. The lowest BCUT2D eigenvalue weighted by atomic mass is 10.1. The van der Waals surface area contributed by atoms with E-state index in [1.54, 1.807) is 18.3 Å². The quantitative estimate of drug-likeness (QED) is 0.671. The van der Waals surface area contributed by atoms with Crippen molar-refractivity contribution >= 4 is 16.8 Å². The minimum absolute atomic E-state index is 0.0848. The van der Waals surface area contributed by atoms with Gasteiger partial charge in [0.05, 0.1) is 13.0 Å². The molecule has 2 aromatic carbocycles. The minimum Gasteiger partial charge on any atom is -0.491 e. The lowest BCUT2D eigenvalue weighted by Crippen LogP contribution is -2.27. The number of nitrogens with zero attached hydrogens (tertiary/aromatic N) is 1. The van der Waals surface area contributed by atoms with Gasteiger partial charge in [0.2, 0.25) is 5.91 Å². The fraction of sp³-hybridized carbons (Fsp3) is 0.200. The molecular formula is C20H19FN2O2. The van der Waals surface area contributed by atoms with Crippen LogP contribution in [0.3, 0.4) is 0 Å². The number of carbonyl (C=O) groups excluding carboxylic acids is 1. The average Bonchev–Trinajstić information content (AvgIpc) is 2.63. The first-order valence-corrected chi connectivity index (χ1v) is 8.20. The molecule has 1 N–H and O–H groups in total. The van der Waals surface area contributed by atoms with Gasteiger partial charge in [0, 0.05) is 18.1 Å². The first-order chi connectivity index (χ1) is 12.2. The van der Waals surface area contributed by atoms with E-state index in [-0.39, 0.29) is 18.1 Å². The van der Waals surface area contributed by atoms with Crippen LogP contribution in [0.1, 0.15) is 12.0 Å². The molecular weight excluding hydrogens is 319 g/mol. The molecule has 25 heavy (non-hydrogen) atoms. The van der Waals surface area contributed by atoms with Gasteiger partial charge in [0.1, 0.15) is 17.1 Å². The summed E-state index contributed by atoms with van der Waals surface area (Å²) in [5.74, 6) is 0.360. The maximum Gasteiger partial charge on any atom is 0.224 e. The van der Waals surface area contributed by atoms with Gasteiger partial charge in [0.15, 0.2) is 0 Å². The van der Waals surface area contributed by atoms with Gasteiger partial charge in [-0.05, 0) is 36.2 Å². The molecule has 1 amide bonds. The molecule has 0 fully saturated rings. The normalized spacial score (nSPS) is 10.6. The van der Waals surface area contributed by atoms with E-state index in [0.29, 0.717) is 19.6 Å². The Morgan fingerprint density at radius 3 is 2.72 bits per heavy atom. The number of rotatable bonds is 7. The zero-order valence-corrected chi connectivity index (χ0v) is 13.7. The van der Waals surface area contributed by atoms with Gasteiger partial charge in [-0.1, -0.05) is 30.3 Å². The molecule has 0 aliphatic heterocycles. The van der Waals surface area contributed by atoms with E-state index >= 15 is 0 Å². The van der Waals surface area contributed by atoms with E-state index in [4.69, 9.17) is 4.74 Å². The van der Waals surface area contributed by atoms with Crippen LogP contribution in [0, 0.1) is 5.82 Å². The van der Waals surface area contributed by atoms with Crippen LogP contribution in [0.4, 0.5) is 4.39 Å². The Kier molecular flexibility index (Phi) is 5.57. The Bertz CT molecular complexity index is 844. The Labute approximate surface area is 145 Å². The summed E-state index contributed by atoms with van der Waals surface area (Å²) in [6, 6.07) is 15.6. The van der Waals surface area contributed by atoms with Gasteiger partial charge in [-0.3, -0.25) is 9.78 Å². The van der Waals surface area contributed by atoms with Crippen molar-refractivity contribution in [1.29, 1.82) is 0 Å². The number of pyridine rings is 1. The van der Waals surface area contributed by atoms with Crippen molar-refractivity contribution in [3.05, 3.63) is 72.2 Å². The second-order valence-electron chi connectivity index (χ2n) is 5.69. The van der Waals surface area contributed by atoms with E-state index in [1.165, 1.54) is 12.1 Å². The topological polar surface area (TPSA) is 51.2 Å². The van der Waals surface area contributed by atoms with Gasteiger partial charge in [0.25, 0.3) is 0 Å². The van der Waals surface area contributed by atoms with E-state index in [0.717, 1.165) is 22.2 Å². The molecule has 4 nitrogen and oxygen atoms in total. The van der Waals surface area contributed by atoms with Crippen molar-refractivity contribution in [2.24, 2.45) is 0 Å². The maximum atomic E-state index is 12.8. The summed E-state index contributed by atoms with van der Waals surface area (Å²) in [4.78, 5) is 16.2. The van der Waals surface area contributed by atoms with Gasteiger partial charge in [-0.15, -0.1) is 0 Å². The standard InChI is InChI=1S/C20H19FN2O2/c21-17-9-7-15(8-10-17)14-19(24)22-12-3-13-25-18-6-1-4-16-5-2-11-23-20(16)18/h1-2,4-11H,3,12-14H2,(H,22,24). The van der Waals surface area contributed by atoms with E-state index in [9.17, 15) is 9.18 Å². The fourth-order valence-corrected chi connectivity index (χ4v) is 2.52. The number of amides is 1. The SMILES string of the molecule is O=C(Cc1ccc(F)cc1)NCCCOc1cccc2cccnc12.